The lowest BCUT2D eigenvalue weighted by molar-refractivity contribution is -0.130. The molecule has 1 aliphatic carbocycles. The molecule has 0 aromatic rings. The van der Waals surface area contributed by atoms with Gasteiger partial charge in [-0.15, -0.1) is 0 Å². The van der Waals surface area contributed by atoms with Crippen molar-refractivity contribution in [3.05, 3.63) is 0 Å². The highest BCUT2D eigenvalue weighted by Gasteiger charge is 2.36. The molecule has 1 aliphatic heterocycles. The Labute approximate surface area is 158 Å². The molecule has 150 valence electrons. The molecule has 1 saturated heterocycles. The molecular formula is C19H37N5O2. The molecule has 2 aliphatic rings. The summed E-state index contributed by atoms with van der Waals surface area (Å²) in [5.41, 5.74) is 0.349. The summed E-state index contributed by atoms with van der Waals surface area (Å²) < 4.78 is 5.27. The van der Waals surface area contributed by atoms with Crippen LogP contribution in [0.2, 0.25) is 0 Å². The molecule has 0 aromatic carbocycles. The first-order valence-electron chi connectivity index (χ1n) is 10.1. The fourth-order valence-corrected chi connectivity index (χ4v) is 3.69. The second-order valence-corrected chi connectivity index (χ2v) is 7.57. The van der Waals surface area contributed by atoms with Gasteiger partial charge < -0.3 is 20.3 Å². The predicted octanol–water partition coefficient (Wildman–Crippen LogP) is 0.912. The molecule has 0 aromatic heterocycles. The molecule has 0 unspecified atom stereocenters. The van der Waals surface area contributed by atoms with Crippen LogP contribution in [0.5, 0.6) is 0 Å². The van der Waals surface area contributed by atoms with E-state index in [0.717, 1.165) is 71.3 Å². The maximum absolute atomic E-state index is 11.4. The van der Waals surface area contributed by atoms with Crippen molar-refractivity contribution in [2.75, 3.05) is 66.1 Å². The molecule has 2 fully saturated rings. The van der Waals surface area contributed by atoms with Crippen LogP contribution in [-0.4, -0.2) is 87.7 Å². The van der Waals surface area contributed by atoms with Gasteiger partial charge in [-0.2, -0.15) is 0 Å². The SMILES string of the molecule is CCNC(=NCC1(CCOC)CCC1)NCCN1CCN(C(C)=O)CC1. The van der Waals surface area contributed by atoms with Crippen LogP contribution >= 0.6 is 0 Å². The Morgan fingerprint density at radius 3 is 2.46 bits per heavy atom. The molecule has 0 radical (unpaired) electrons. The number of hydrogen-bond acceptors (Lipinski definition) is 4. The van der Waals surface area contributed by atoms with Crippen molar-refractivity contribution >= 4 is 11.9 Å². The smallest absolute Gasteiger partial charge is 0.219 e. The lowest BCUT2D eigenvalue weighted by atomic mass is 9.67. The second kappa shape index (κ2) is 10.7. The topological polar surface area (TPSA) is 69.2 Å². The van der Waals surface area contributed by atoms with Crippen molar-refractivity contribution in [3.63, 3.8) is 0 Å². The van der Waals surface area contributed by atoms with Crippen molar-refractivity contribution in [2.24, 2.45) is 10.4 Å². The first-order chi connectivity index (χ1) is 12.6. The van der Waals surface area contributed by atoms with Gasteiger partial charge in [0, 0.05) is 73.0 Å². The van der Waals surface area contributed by atoms with Gasteiger partial charge >= 0.3 is 0 Å². The van der Waals surface area contributed by atoms with Gasteiger partial charge in [0.15, 0.2) is 5.96 Å². The fourth-order valence-electron chi connectivity index (χ4n) is 3.69. The third kappa shape index (κ3) is 6.43. The molecule has 1 saturated carbocycles. The first-order valence-corrected chi connectivity index (χ1v) is 10.1. The molecule has 26 heavy (non-hydrogen) atoms. The number of methoxy groups -OCH3 is 1. The Balaban J connectivity index is 1.73. The number of aliphatic imine (C=N–C) groups is 1. The number of rotatable bonds is 9. The number of ether oxygens (including phenoxy) is 1. The van der Waals surface area contributed by atoms with E-state index >= 15 is 0 Å². The number of amides is 1. The Kier molecular flexibility index (Phi) is 8.65. The summed E-state index contributed by atoms with van der Waals surface area (Å²) in [4.78, 5) is 20.6. The van der Waals surface area contributed by atoms with Gasteiger partial charge in [-0.3, -0.25) is 14.7 Å². The average Bonchev–Trinajstić information content (AvgIpc) is 2.61. The predicted molar refractivity (Wildman–Crippen MR) is 105 cm³/mol. The van der Waals surface area contributed by atoms with Crippen molar-refractivity contribution in [1.82, 2.24) is 20.4 Å². The first kappa shape index (κ1) is 21.0. The molecule has 1 heterocycles. The zero-order chi connectivity index (χ0) is 18.8. The van der Waals surface area contributed by atoms with Gasteiger partial charge in [-0.05, 0) is 31.6 Å². The molecule has 0 atom stereocenters. The average molecular weight is 368 g/mol. The molecule has 7 nitrogen and oxygen atoms in total. The third-order valence-electron chi connectivity index (χ3n) is 5.71. The summed E-state index contributed by atoms with van der Waals surface area (Å²) in [6.45, 7) is 11.8. The zero-order valence-corrected chi connectivity index (χ0v) is 16.9. The van der Waals surface area contributed by atoms with Crippen LogP contribution < -0.4 is 10.6 Å². The monoisotopic (exact) mass is 367 g/mol. The maximum Gasteiger partial charge on any atom is 0.219 e. The van der Waals surface area contributed by atoms with Crippen LogP contribution in [-0.2, 0) is 9.53 Å². The van der Waals surface area contributed by atoms with Crippen LogP contribution in [0.15, 0.2) is 4.99 Å². The summed E-state index contributed by atoms with van der Waals surface area (Å²) >= 11 is 0. The summed E-state index contributed by atoms with van der Waals surface area (Å²) in [6, 6.07) is 0. The minimum absolute atomic E-state index is 0.183. The Bertz CT molecular complexity index is 457. The van der Waals surface area contributed by atoms with E-state index < -0.39 is 0 Å². The summed E-state index contributed by atoms with van der Waals surface area (Å²) in [7, 11) is 1.78. The summed E-state index contributed by atoms with van der Waals surface area (Å²) in [5, 5.41) is 6.82. The normalized spacial score (nSPS) is 20.6. The highest BCUT2D eigenvalue weighted by Crippen LogP contribution is 2.44. The van der Waals surface area contributed by atoms with E-state index in [2.05, 4.69) is 22.5 Å². The van der Waals surface area contributed by atoms with Gasteiger partial charge in [-0.1, -0.05) is 6.42 Å². The number of piperazine rings is 1. The van der Waals surface area contributed by atoms with E-state index in [9.17, 15) is 4.79 Å². The highest BCUT2D eigenvalue weighted by molar-refractivity contribution is 5.79. The number of hydrogen-bond donors (Lipinski definition) is 2. The maximum atomic E-state index is 11.4. The van der Waals surface area contributed by atoms with Crippen LogP contribution in [0.3, 0.4) is 0 Å². The van der Waals surface area contributed by atoms with Crippen molar-refractivity contribution in [3.8, 4) is 0 Å². The lowest BCUT2D eigenvalue weighted by Gasteiger charge is -2.40. The fraction of sp³-hybridized carbons (Fsp3) is 0.895. The van der Waals surface area contributed by atoms with E-state index in [1.165, 1.54) is 19.3 Å². The lowest BCUT2D eigenvalue weighted by Crippen LogP contribution is -2.50. The Morgan fingerprint density at radius 2 is 1.92 bits per heavy atom. The van der Waals surface area contributed by atoms with Crippen LogP contribution in [0, 0.1) is 5.41 Å². The van der Waals surface area contributed by atoms with Gasteiger partial charge in [0.2, 0.25) is 5.91 Å². The van der Waals surface area contributed by atoms with Gasteiger partial charge in [-0.25, -0.2) is 0 Å². The van der Waals surface area contributed by atoms with E-state index in [1.54, 1.807) is 14.0 Å². The number of carbonyl (C=O) groups excluding carboxylic acids is 1. The molecule has 2 N–H and O–H groups in total. The minimum Gasteiger partial charge on any atom is -0.385 e. The van der Waals surface area contributed by atoms with E-state index in [0.29, 0.717) is 5.41 Å². The quantitative estimate of drug-likeness (QED) is 0.468. The molecule has 0 bridgehead atoms. The van der Waals surface area contributed by atoms with Gasteiger partial charge in [0.25, 0.3) is 0 Å². The molecule has 7 heteroatoms. The zero-order valence-electron chi connectivity index (χ0n) is 16.9. The number of guanidine groups is 1. The molecular weight excluding hydrogens is 330 g/mol. The molecule has 0 spiro atoms. The van der Waals surface area contributed by atoms with Crippen LogP contribution in [0.4, 0.5) is 0 Å². The number of carbonyl (C=O) groups is 1. The molecule has 1 amide bonds. The minimum atomic E-state index is 0.183. The van der Waals surface area contributed by atoms with Crippen molar-refractivity contribution < 1.29 is 9.53 Å². The van der Waals surface area contributed by atoms with Crippen molar-refractivity contribution in [1.29, 1.82) is 0 Å². The summed E-state index contributed by atoms with van der Waals surface area (Å²) in [6.07, 6.45) is 4.95. The highest BCUT2D eigenvalue weighted by atomic mass is 16.5. The van der Waals surface area contributed by atoms with Crippen LogP contribution in [0.25, 0.3) is 0 Å². The van der Waals surface area contributed by atoms with Crippen molar-refractivity contribution in [2.45, 2.75) is 39.5 Å². The number of nitrogens with one attached hydrogen (secondary N) is 2. The Morgan fingerprint density at radius 1 is 1.19 bits per heavy atom. The van der Waals surface area contributed by atoms with E-state index in [-0.39, 0.29) is 5.91 Å². The third-order valence-corrected chi connectivity index (χ3v) is 5.71. The Hall–Kier alpha value is -1.34. The molecule has 2 rings (SSSR count). The summed E-state index contributed by atoms with van der Waals surface area (Å²) in [5.74, 6) is 1.10. The number of nitrogens with zero attached hydrogens (tertiary/aromatic N) is 3. The van der Waals surface area contributed by atoms with Gasteiger partial charge in [0.05, 0.1) is 0 Å². The second-order valence-electron chi connectivity index (χ2n) is 7.57. The largest absolute Gasteiger partial charge is 0.385 e. The van der Waals surface area contributed by atoms with Gasteiger partial charge in [0.1, 0.15) is 0 Å². The van der Waals surface area contributed by atoms with Crippen LogP contribution in [0.1, 0.15) is 39.5 Å². The van der Waals surface area contributed by atoms with E-state index in [1.807, 2.05) is 4.90 Å². The van der Waals surface area contributed by atoms with E-state index in [4.69, 9.17) is 9.73 Å². The standard InChI is InChI=1S/C19H37N5O2/c1-4-20-18(22-16-19(6-5-7-19)8-15-26-3)21-9-10-23-11-13-24(14-12-23)17(2)25/h4-16H2,1-3H3,(H2,20,21,22).